The predicted octanol–water partition coefficient (Wildman–Crippen LogP) is 0.235. The summed E-state index contributed by atoms with van der Waals surface area (Å²) in [6.45, 7) is 3.61. The lowest BCUT2D eigenvalue weighted by molar-refractivity contribution is -0.142. The van der Waals surface area contributed by atoms with Crippen molar-refractivity contribution < 1.29 is 29.4 Å². The zero-order valence-corrected chi connectivity index (χ0v) is 25.3. The maximum atomic E-state index is 13.7. The molecule has 0 saturated heterocycles. The van der Waals surface area contributed by atoms with Crippen LogP contribution in [0.2, 0.25) is 0 Å². The number of hydrogen-bond acceptors (Lipinski definition) is 7. The van der Waals surface area contributed by atoms with Gasteiger partial charge in [0.25, 0.3) is 0 Å². The largest absolute Gasteiger partial charge is 0.508 e. The standard InChI is InChI=1S/C31H42N8O6/c1-17(2)26(29(43)37-24(30(44)45)8-5-13-35-31(33)34)39-28(42)25(15-19-16-36-23-7-4-3-6-21(19)23)38-27(41)22(32)14-18-9-11-20(40)12-10-18/h3-4,6-7,9-12,16-17,22,24-26,36,40H,5,8,13-15,32H2,1-2H3,(H,37,43)(H,38,41)(H,39,42)(H,44,45)(H4,33,34,35). The number of carbonyl (C=O) groups is 4. The van der Waals surface area contributed by atoms with E-state index in [0.29, 0.717) is 6.42 Å². The summed E-state index contributed by atoms with van der Waals surface area (Å²) < 4.78 is 0. The first-order valence-corrected chi connectivity index (χ1v) is 14.6. The van der Waals surface area contributed by atoms with Crippen LogP contribution in [-0.4, -0.2) is 75.6 Å². The maximum absolute atomic E-state index is 13.7. The highest BCUT2D eigenvalue weighted by atomic mass is 16.4. The number of para-hydroxylation sites is 1. The van der Waals surface area contributed by atoms with Gasteiger partial charge in [0.1, 0.15) is 23.9 Å². The number of nitrogens with one attached hydrogen (secondary N) is 4. The van der Waals surface area contributed by atoms with Crippen LogP contribution in [0.15, 0.2) is 59.7 Å². The Morgan fingerprint density at radius 2 is 1.56 bits per heavy atom. The van der Waals surface area contributed by atoms with Gasteiger partial charge in [0.15, 0.2) is 5.96 Å². The second kappa shape index (κ2) is 16.1. The summed E-state index contributed by atoms with van der Waals surface area (Å²) in [7, 11) is 0. The average Bonchev–Trinajstić information content (AvgIpc) is 3.40. The number of nitrogens with zero attached hydrogens (tertiary/aromatic N) is 1. The summed E-state index contributed by atoms with van der Waals surface area (Å²) in [5.74, 6) is -3.62. The third-order valence-electron chi connectivity index (χ3n) is 7.27. The van der Waals surface area contributed by atoms with Gasteiger partial charge >= 0.3 is 5.97 Å². The van der Waals surface area contributed by atoms with Crippen molar-refractivity contribution in [2.24, 2.45) is 28.1 Å². The van der Waals surface area contributed by atoms with Crippen molar-refractivity contribution in [3.05, 3.63) is 65.9 Å². The van der Waals surface area contributed by atoms with E-state index in [-0.39, 0.29) is 37.5 Å². The monoisotopic (exact) mass is 622 g/mol. The number of carboxylic acid groups (broad SMARTS) is 1. The van der Waals surface area contributed by atoms with Crippen LogP contribution < -0.4 is 33.2 Å². The molecular formula is C31H42N8O6. The van der Waals surface area contributed by atoms with E-state index in [9.17, 15) is 29.4 Å². The Balaban J connectivity index is 1.78. The Morgan fingerprint density at radius 3 is 2.20 bits per heavy atom. The van der Waals surface area contributed by atoms with Crippen molar-refractivity contribution in [2.75, 3.05) is 6.54 Å². The number of hydrogen-bond donors (Lipinski definition) is 9. The van der Waals surface area contributed by atoms with Crippen molar-refractivity contribution in [1.82, 2.24) is 20.9 Å². The molecule has 4 atom stereocenters. The molecule has 45 heavy (non-hydrogen) atoms. The van der Waals surface area contributed by atoms with Crippen LogP contribution in [0.5, 0.6) is 5.75 Å². The molecule has 12 N–H and O–H groups in total. The topological polar surface area (TPSA) is 251 Å². The lowest BCUT2D eigenvalue weighted by Gasteiger charge is -2.27. The number of H-pyrrole nitrogens is 1. The van der Waals surface area contributed by atoms with E-state index in [1.807, 2.05) is 24.3 Å². The van der Waals surface area contributed by atoms with Crippen molar-refractivity contribution in [1.29, 1.82) is 0 Å². The molecule has 14 heteroatoms. The number of nitrogens with two attached hydrogens (primary N) is 3. The number of aromatic nitrogens is 1. The molecule has 0 radical (unpaired) electrons. The molecule has 0 saturated carbocycles. The van der Waals surface area contributed by atoms with E-state index in [1.165, 1.54) is 12.1 Å². The molecule has 0 aliphatic heterocycles. The smallest absolute Gasteiger partial charge is 0.326 e. The molecule has 1 heterocycles. The first-order valence-electron chi connectivity index (χ1n) is 14.6. The van der Waals surface area contributed by atoms with Gasteiger partial charge in [-0.05, 0) is 54.5 Å². The first kappa shape index (κ1) is 34.4. The summed E-state index contributed by atoms with van der Waals surface area (Å²) in [4.78, 5) is 59.0. The predicted molar refractivity (Wildman–Crippen MR) is 170 cm³/mol. The van der Waals surface area contributed by atoms with Gasteiger partial charge < -0.3 is 48.3 Å². The minimum atomic E-state index is -1.24. The number of phenols is 1. The highest BCUT2D eigenvalue weighted by Crippen LogP contribution is 2.20. The van der Waals surface area contributed by atoms with Gasteiger partial charge in [-0.3, -0.25) is 19.4 Å². The van der Waals surface area contributed by atoms with Crippen LogP contribution in [-0.2, 0) is 32.0 Å². The molecule has 242 valence electrons. The number of guanidine groups is 1. The molecule has 0 spiro atoms. The lowest BCUT2D eigenvalue weighted by atomic mass is 9.99. The quantitative estimate of drug-likeness (QED) is 0.0601. The molecule has 4 unspecified atom stereocenters. The summed E-state index contributed by atoms with van der Waals surface area (Å²) in [6, 6.07) is 9.31. The third-order valence-corrected chi connectivity index (χ3v) is 7.27. The van der Waals surface area contributed by atoms with Gasteiger partial charge in [-0.2, -0.15) is 0 Å². The number of fused-ring (bicyclic) bond motifs is 1. The zero-order valence-electron chi connectivity index (χ0n) is 25.3. The van der Waals surface area contributed by atoms with Crippen LogP contribution in [0.1, 0.15) is 37.8 Å². The molecular weight excluding hydrogens is 580 g/mol. The fourth-order valence-corrected chi connectivity index (χ4v) is 4.80. The van der Waals surface area contributed by atoms with Gasteiger partial charge in [0, 0.05) is 30.1 Å². The Kier molecular flexibility index (Phi) is 12.3. The maximum Gasteiger partial charge on any atom is 0.326 e. The number of amides is 3. The zero-order chi connectivity index (χ0) is 33.1. The van der Waals surface area contributed by atoms with Crippen LogP contribution in [0, 0.1) is 5.92 Å². The molecule has 3 amide bonds. The molecule has 3 aromatic rings. The minimum absolute atomic E-state index is 0.0643. The van der Waals surface area contributed by atoms with Gasteiger partial charge in [-0.1, -0.05) is 44.2 Å². The van der Waals surface area contributed by atoms with E-state index in [2.05, 4.69) is 25.9 Å². The molecule has 2 aromatic carbocycles. The van der Waals surface area contributed by atoms with E-state index < -0.39 is 53.8 Å². The van der Waals surface area contributed by atoms with Crippen LogP contribution in [0.25, 0.3) is 10.9 Å². The number of aliphatic imine (C=N–C) groups is 1. The number of rotatable bonds is 16. The summed E-state index contributed by atoms with van der Waals surface area (Å²) in [5.41, 5.74) is 19.1. The number of phenolic OH excluding ortho intramolecular Hbond substituents is 1. The summed E-state index contributed by atoms with van der Waals surface area (Å²) in [5, 5.41) is 28.0. The molecule has 0 fully saturated rings. The Bertz CT molecular complexity index is 1500. The molecule has 14 nitrogen and oxygen atoms in total. The number of carboxylic acids is 1. The molecule has 0 aliphatic rings. The lowest BCUT2D eigenvalue weighted by Crippen LogP contribution is -2.59. The van der Waals surface area contributed by atoms with Gasteiger partial charge in [-0.25, -0.2) is 4.79 Å². The van der Waals surface area contributed by atoms with Gasteiger partial charge in [0.2, 0.25) is 17.7 Å². The van der Waals surface area contributed by atoms with Crippen molar-refractivity contribution >= 4 is 40.6 Å². The van der Waals surface area contributed by atoms with E-state index in [4.69, 9.17) is 17.2 Å². The number of aromatic hydroxyl groups is 1. The fourth-order valence-electron chi connectivity index (χ4n) is 4.80. The Morgan fingerprint density at radius 1 is 0.889 bits per heavy atom. The van der Waals surface area contributed by atoms with Crippen LogP contribution >= 0.6 is 0 Å². The number of aromatic amines is 1. The number of benzene rings is 2. The Hall–Kier alpha value is -5.11. The second-order valence-electron chi connectivity index (χ2n) is 11.2. The van der Waals surface area contributed by atoms with Crippen molar-refractivity contribution in [3.63, 3.8) is 0 Å². The second-order valence-corrected chi connectivity index (χ2v) is 11.2. The third kappa shape index (κ3) is 10.2. The van der Waals surface area contributed by atoms with Gasteiger partial charge in [0.05, 0.1) is 6.04 Å². The van der Waals surface area contributed by atoms with Crippen molar-refractivity contribution in [2.45, 2.75) is 63.7 Å². The number of carbonyl (C=O) groups excluding carboxylic acids is 3. The minimum Gasteiger partial charge on any atom is -0.508 e. The molecule has 1 aromatic heterocycles. The normalized spacial score (nSPS) is 13.8. The fraction of sp³-hybridized carbons (Fsp3) is 0.387. The highest BCUT2D eigenvalue weighted by molar-refractivity contribution is 5.95. The summed E-state index contributed by atoms with van der Waals surface area (Å²) in [6.07, 6.45) is 2.36. The Labute approximate surface area is 260 Å². The van der Waals surface area contributed by atoms with E-state index >= 15 is 0 Å². The molecule has 0 aliphatic carbocycles. The van der Waals surface area contributed by atoms with Crippen molar-refractivity contribution in [3.8, 4) is 5.75 Å². The highest BCUT2D eigenvalue weighted by Gasteiger charge is 2.32. The van der Waals surface area contributed by atoms with Gasteiger partial charge in [-0.15, -0.1) is 0 Å². The van der Waals surface area contributed by atoms with Crippen LogP contribution in [0.4, 0.5) is 0 Å². The van der Waals surface area contributed by atoms with E-state index in [1.54, 1.807) is 32.2 Å². The average molecular weight is 623 g/mol. The SMILES string of the molecule is CC(C)C(NC(=O)C(Cc1c[nH]c2ccccc12)NC(=O)C(N)Cc1ccc(O)cc1)C(=O)NC(CCCN=C(N)N)C(=O)O. The molecule has 0 bridgehead atoms. The van der Waals surface area contributed by atoms with Crippen LogP contribution in [0.3, 0.4) is 0 Å². The van der Waals surface area contributed by atoms with E-state index in [0.717, 1.165) is 22.0 Å². The number of aliphatic carboxylic acids is 1. The first-order chi connectivity index (χ1) is 21.3. The molecule has 3 rings (SSSR count). The summed E-state index contributed by atoms with van der Waals surface area (Å²) >= 11 is 0.